The summed E-state index contributed by atoms with van der Waals surface area (Å²) < 4.78 is 6.67. The molecule has 0 amide bonds. The maximum Gasteiger partial charge on any atom is 0.164 e. The van der Waals surface area contributed by atoms with Crippen molar-refractivity contribution in [2.75, 3.05) is 0 Å². The third-order valence-electron chi connectivity index (χ3n) is 9.94. The van der Waals surface area contributed by atoms with Crippen LogP contribution in [0.5, 0.6) is 0 Å². The van der Waals surface area contributed by atoms with Gasteiger partial charge in [-0.25, -0.2) is 15.0 Å². The van der Waals surface area contributed by atoms with Gasteiger partial charge < -0.3 is 4.42 Å². The van der Waals surface area contributed by atoms with E-state index in [0.29, 0.717) is 17.5 Å². The molecule has 10 rings (SSSR count). The Balaban J connectivity index is 1.16. The fourth-order valence-electron chi connectivity index (χ4n) is 7.35. The first kappa shape index (κ1) is 30.6. The van der Waals surface area contributed by atoms with E-state index in [1.807, 2.05) is 48.5 Å². The van der Waals surface area contributed by atoms with Gasteiger partial charge in [-0.2, -0.15) is 0 Å². The van der Waals surface area contributed by atoms with Gasteiger partial charge in [0.05, 0.1) is 0 Å². The minimum atomic E-state index is 0.613. The number of hydrogen-bond acceptors (Lipinski definition) is 4. The first-order chi connectivity index (χ1) is 26.3. The highest BCUT2D eigenvalue weighted by Crippen LogP contribution is 2.44. The molecular formula is C49H31N3O. The Labute approximate surface area is 306 Å². The topological polar surface area (TPSA) is 51.8 Å². The molecule has 0 aliphatic carbocycles. The normalized spacial score (nSPS) is 11.4. The zero-order chi connectivity index (χ0) is 35.1. The molecule has 2 aromatic heterocycles. The van der Waals surface area contributed by atoms with Crippen molar-refractivity contribution < 1.29 is 4.42 Å². The van der Waals surface area contributed by atoms with Crippen LogP contribution in [0.25, 0.3) is 100 Å². The van der Waals surface area contributed by atoms with Gasteiger partial charge in [-0.15, -0.1) is 0 Å². The van der Waals surface area contributed by atoms with Gasteiger partial charge in [0.25, 0.3) is 0 Å². The summed E-state index contributed by atoms with van der Waals surface area (Å²) in [6.45, 7) is 0. The van der Waals surface area contributed by atoms with Crippen LogP contribution in [0.3, 0.4) is 0 Å². The van der Waals surface area contributed by atoms with Crippen LogP contribution < -0.4 is 0 Å². The molecule has 0 unspecified atom stereocenters. The summed E-state index contributed by atoms with van der Waals surface area (Å²) in [5.41, 5.74) is 11.3. The fraction of sp³-hybridized carbons (Fsp3) is 0. The van der Waals surface area contributed by atoms with Gasteiger partial charge in [0.15, 0.2) is 17.5 Å². The largest absolute Gasteiger partial charge is 0.455 e. The summed E-state index contributed by atoms with van der Waals surface area (Å²) in [6, 6.07) is 65.1. The minimum absolute atomic E-state index is 0.613. The molecule has 0 fully saturated rings. The quantitative estimate of drug-likeness (QED) is 0.176. The van der Waals surface area contributed by atoms with E-state index >= 15 is 0 Å². The summed E-state index contributed by atoms with van der Waals surface area (Å²) in [6.07, 6.45) is 0. The Morgan fingerprint density at radius 1 is 0.302 bits per heavy atom. The molecule has 0 atom stereocenters. The predicted molar refractivity (Wildman–Crippen MR) is 217 cm³/mol. The number of rotatable bonds is 6. The van der Waals surface area contributed by atoms with E-state index in [9.17, 15) is 0 Å². The van der Waals surface area contributed by atoms with Crippen molar-refractivity contribution in [2.24, 2.45) is 0 Å². The molecule has 0 bridgehead atoms. The van der Waals surface area contributed by atoms with Gasteiger partial charge in [0, 0.05) is 32.8 Å². The Morgan fingerprint density at radius 2 is 0.792 bits per heavy atom. The van der Waals surface area contributed by atoms with Crippen LogP contribution in [-0.4, -0.2) is 15.0 Å². The summed E-state index contributed by atoms with van der Waals surface area (Å²) in [7, 11) is 0. The number of nitrogens with zero attached hydrogens (tertiary/aromatic N) is 3. The molecule has 0 spiro atoms. The van der Waals surface area contributed by atoms with Crippen molar-refractivity contribution in [1.82, 2.24) is 15.0 Å². The van der Waals surface area contributed by atoms with E-state index in [1.165, 1.54) is 5.56 Å². The van der Waals surface area contributed by atoms with Crippen LogP contribution in [0.15, 0.2) is 192 Å². The third-order valence-corrected chi connectivity index (χ3v) is 9.94. The monoisotopic (exact) mass is 677 g/mol. The van der Waals surface area contributed by atoms with Crippen molar-refractivity contribution >= 4 is 32.7 Å². The van der Waals surface area contributed by atoms with Gasteiger partial charge in [-0.3, -0.25) is 0 Å². The SMILES string of the molecule is c1ccc(-c2ccc(-c3nc(-c4ccccc4)nc(-c4cccc(-c5cc6c(-c7ccccc7)cccc6c6oc7ccccc7c56)c4)n3)cc2)cc1. The van der Waals surface area contributed by atoms with Crippen molar-refractivity contribution in [3.8, 4) is 67.5 Å². The Hall–Kier alpha value is -7.17. The first-order valence-electron chi connectivity index (χ1n) is 17.8. The molecule has 8 aromatic carbocycles. The number of hydrogen-bond donors (Lipinski definition) is 0. The van der Waals surface area contributed by atoms with E-state index in [0.717, 1.165) is 77.2 Å². The number of para-hydroxylation sites is 1. The smallest absolute Gasteiger partial charge is 0.164 e. The fourth-order valence-corrected chi connectivity index (χ4v) is 7.35. The van der Waals surface area contributed by atoms with Gasteiger partial charge in [-0.1, -0.05) is 170 Å². The number of aromatic nitrogens is 3. The molecule has 4 nitrogen and oxygen atoms in total. The van der Waals surface area contributed by atoms with Crippen LogP contribution >= 0.6 is 0 Å². The Kier molecular flexibility index (Phi) is 7.43. The first-order valence-corrected chi connectivity index (χ1v) is 17.8. The lowest BCUT2D eigenvalue weighted by Crippen LogP contribution is -2.00. The van der Waals surface area contributed by atoms with Gasteiger partial charge >= 0.3 is 0 Å². The zero-order valence-electron chi connectivity index (χ0n) is 28.6. The molecule has 0 aliphatic rings. The molecular weight excluding hydrogens is 647 g/mol. The molecule has 0 radical (unpaired) electrons. The lowest BCUT2D eigenvalue weighted by atomic mass is 9.91. The summed E-state index contributed by atoms with van der Waals surface area (Å²) >= 11 is 0. The van der Waals surface area contributed by atoms with Crippen LogP contribution in [0, 0.1) is 0 Å². The van der Waals surface area contributed by atoms with Crippen LogP contribution in [0.1, 0.15) is 0 Å². The van der Waals surface area contributed by atoms with E-state index in [4.69, 9.17) is 19.4 Å². The number of furan rings is 1. The maximum atomic E-state index is 6.67. The lowest BCUT2D eigenvalue weighted by molar-refractivity contribution is 0.673. The average Bonchev–Trinajstić information content (AvgIpc) is 3.64. The van der Waals surface area contributed by atoms with Gasteiger partial charge in [0.2, 0.25) is 0 Å². The van der Waals surface area contributed by atoms with Crippen LogP contribution in [0.4, 0.5) is 0 Å². The molecule has 0 aliphatic heterocycles. The molecule has 0 saturated heterocycles. The second kappa shape index (κ2) is 12.9. The highest BCUT2D eigenvalue weighted by molar-refractivity contribution is 6.23. The summed E-state index contributed by atoms with van der Waals surface area (Å²) in [5, 5.41) is 4.40. The molecule has 4 heteroatoms. The second-order valence-corrected chi connectivity index (χ2v) is 13.2. The third kappa shape index (κ3) is 5.54. The van der Waals surface area contributed by atoms with Gasteiger partial charge in [-0.05, 0) is 57.0 Å². The van der Waals surface area contributed by atoms with E-state index in [-0.39, 0.29) is 0 Å². The predicted octanol–water partition coefficient (Wildman–Crippen LogP) is 12.9. The van der Waals surface area contributed by atoms with Crippen molar-refractivity contribution in [3.05, 3.63) is 188 Å². The summed E-state index contributed by atoms with van der Waals surface area (Å²) in [4.78, 5) is 15.2. The van der Waals surface area contributed by atoms with Crippen molar-refractivity contribution in [2.45, 2.75) is 0 Å². The van der Waals surface area contributed by atoms with Crippen LogP contribution in [0.2, 0.25) is 0 Å². The molecule has 0 N–H and O–H groups in total. The number of fused-ring (bicyclic) bond motifs is 5. The maximum absolute atomic E-state index is 6.67. The second-order valence-electron chi connectivity index (χ2n) is 13.2. The lowest BCUT2D eigenvalue weighted by Gasteiger charge is -2.13. The van der Waals surface area contributed by atoms with Crippen molar-refractivity contribution in [3.63, 3.8) is 0 Å². The van der Waals surface area contributed by atoms with Crippen molar-refractivity contribution in [1.29, 1.82) is 0 Å². The average molecular weight is 678 g/mol. The van der Waals surface area contributed by atoms with E-state index in [1.54, 1.807) is 0 Å². The highest BCUT2D eigenvalue weighted by Gasteiger charge is 2.19. The standard InChI is InChI=1S/C49H31N3O/c1-4-14-32(15-5-1)33-26-28-36(29-27-33)48-50-47(35-18-8-3-9-19-35)51-49(52-48)38-21-12-20-37(30-38)42-31-43-39(34-16-6-2-7-17-34)23-13-24-40(43)46-45(42)41-22-10-11-25-44(41)53-46/h1-31H. The van der Waals surface area contributed by atoms with Gasteiger partial charge in [0.1, 0.15) is 11.2 Å². The van der Waals surface area contributed by atoms with E-state index < -0.39 is 0 Å². The molecule has 0 saturated carbocycles. The number of benzene rings is 8. The van der Waals surface area contributed by atoms with E-state index in [2.05, 4.69) is 140 Å². The molecule has 53 heavy (non-hydrogen) atoms. The summed E-state index contributed by atoms with van der Waals surface area (Å²) in [5.74, 6) is 1.87. The molecule has 10 aromatic rings. The van der Waals surface area contributed by atoms with Crippen LogP contribution in [-0.2, 0) is 0 Å². The highest BCUT2D eigenvalue weighted by atomic mass is 16.3. The Morgan fingerprint density at radius 3 is 1.51 bits per heavy atom. The Bertz CT molecular complexity index is 2920. The zero-order valence-corrected chi connectivity index (χ0v) is 28.6. The molecule has 248 valence electrons. The molecule has 2 heterocycles. The minimum Gasteiger partial charge on any atom is -0.455 e.